The van der Waals surface area contributed by atoms with Crippen LogP contribution in [-0.2, 0) is 0 Å². The van der Waals surface area contributed by atoms with Crippen LogP contribution in [0.5, 0.6) is 5.75 Å². The van der Waals surface area contributed by atoms with Gasteiger partial charge in [0.25, 0.3) is 11.9 Å². The molecule has 2 aromatic rings. The summed E-state index contributed by atoms with van der Waals surface area (Å²) in [5, 5.41) is 3.29. The van der Waals surface area contributed by atoms with Crippen LogP contribution in [-0.4, -0.2) is 4.98 Å². The lowest BCUT2D eigenvalue weighted by molar-refractivity contribution is 0.352. The maximum Gasteiger partial charge on any atom is 0.255 e. The zero-order chi connectivity index (χ0) is 13.3. The third-order valence-electron chi connectivity index (χ3n) is 2.03. The number of nitrogens with zero attached hydrogens (tertiary/aromatic N) is 1. The summed E-state index contributed by atoms with van der Waals surface area (Å²) < 4.78 is 56.8. The minimum atomic E-state index is -1.78. The molecule has 2 nitrogen and oxygen atoms in total. The third-order valence-corrected chi connectivity index (χ3v) is 2.71. The van der Waals surface area contributed by atoms with Crippen LogP contribution in [0.1, 0.15) is 5.56 Å². The van der Waals surface area contributed by atoms with E-state index in [1.807, 2.05) is 0 Å². The summed E-state index contributed by atoms with van der Waals surface area (Å²) in [6.45, 7) is 3.42. The Kier molecular flexibility index (Phi) is 3.33. The van der Waals surface area contributed by atoms with Crippen molar-refractivity contribution in [3.8, 4) is 5.75 Å². The van der Waals surface area contributed by atoms with Crippen molar-refractivity contribution in [3.05, 3.63) is 52.5 Å². The number of pyridine rings is 1. The maximum atomic E-state index is 13.2. The van der Waals surface area contributed by atoms with E-state index in [0.717, 1.165) is 0 Å². The van der Waals surface area contributed by atoms with E-state index < -0.39 is 29.3 Å². The SMILES string of the molecule is C=C(Oc1c(F)c(F)nc(F)c1F)c1ccsc1. The van der Waals surface area contributed by atoms with Crippen molar-refractivity contribution >= 4 is 17.1 Å². The van der Waals surface area contributed by atoms with E-state index in [0.29, 0.717) is 5.56 Å². The van der Waals surface area contributed by atoms with Crippen LogP contribution < -0.4 is 4.74 Å². The second kappa shape index (κ2) is 4.77. The van der Waals surface area contributed by atoms with Crippen LogP contribution in [0, 0.1) is 23.5 Å². The van der Waals surface area contributed by atoms with E-state index >= 15 is 0 Å². The van der Waals surface area contributed by atoms with Gasteiger partial charge < -0.3 is 4.74 Å². The molecule has 0 fully saturated rings. The molecule has 0 N–H and O–H groups in total. The molecule has 0 saturated carbocycles. The number of halogens is 4. The van der Waals surface area contributed by atoms with Crippen LogP contribution in [0.15, 0.2) is 23.4 Å². The molecule has 0 aliphatic carbocycles. The lowest BCUT2D eigenvalue weighted by atomic mass is 10.3. The van der Waals surface area contributed by atoms with Crippen LogP contribution in [0.3, 0.4) is 0 Å². The average Bonchev–Trinajstić information content (AvgIpc) is 2.85. The lowest BCUT2D eigenvalue weighted by Crippen LogP contribution is -2.05. The summed E-state index contributed by atoms with van der Waals surface area (Å²) in [7, 11) is 0. The van der Waals surface area contributed by atoms with Gasteiger partial charge in [0.15, 0.2) is 0 Å². The van der Waals surface area contributed by atoms with Gasteiger partial charge in [-0.05, 0) is 11.4 Å². The van der Waals surface area contributed by atoms with Gasteiger partial charge >= 0.3 is 0 Å². The molecule has 0 aromatic carbocycles. The minimum Gasteiger partial charge on any atom is -0.451 e. The van der Waals surface area contributed by atoms with Gasteiger partial charge in [-0.2, -0.15) is 33.9 Å². The number of thiophene rings is 1. The summed E-state index contributed by atoms with van der Waals surface area (Å²) >= 11 is 1.30. The monoisotopic (exact) mass is 275 g/mol. The van der Waals surface area contributed by atoms with E-state index in [1.165, 1.54) is 11.3 Å². The molecule has 0 amide bonds. The second-order valence-corrected chi connectivity index (χ2v) is 3.97. The molecule has 0 spiro atoms. The van der Waals surface area contributed by atoms with Crippen LogP contribution in [0.4, 0.5) is 17.6 Å². The van der Waals surface area contributed by atoms with Crippen molar-refractivity contribution in [2.45, 2.75) is 0 Å². The van der Waals surface area contributed by atoms with Crippen LogP contribution in [0.2, 0.25) is 0 Å². The van der Waals surface area contributed by atoms with Crippen molar-refractivity contribution in [2.24, 2.45) is 0 Å². The molecule has 0 bridgehead atoms. The predicted molar refractivity (Wildman–Crippen MR) is 58.1 cm³/mol. The molecule has 0 saturated heterocycles. The molecule has 94 valence electrons. The fourth-order valence-corrected chi connectivity index (χ4v) is 1.82. The normalized spacial score (nSPS) is 10.4. The maximum absolute atomic E-state index is 13.2. The molecule has 7 heteroatoms. The molecule has 0 radical (unpaired) electrons. The highest BCUT2D eigenvalue weighted by Gasteiger charge is 2.23. The van der Waals surface area contributed by atoms with Gasteiger partial charge in [-0.1, -0.05) is 6.58 Å². The summed E-state index contributed by atoms with van der Waals surface area (Å²) in [5.41, 5.74) is 0.455. The largest absolute Gasteiger partial charge is 0.451 e. The molecule has 2 rings (SSSR count). The molecule has 2 heterocycles. The van der Waals surface area contributed by atoms with E-state index in [-0.39, 0.29) is 5.76 Å². The molecule has 0 aliphatic rings. The molecular formula is C11H5F4NOS. The predicted octanol–water partition coefficient (Wildman–Crippen LogP) is 3.75. The Morgan fingerprint density at radius 2 is 1.78 bits per heavy atom. The molecule has 18 heavy (non-hydrogen) atoms. The van der Waals surface area contributed by atoms with Gasteiger partial charge in [0.2, 0.25) is 17.4 Å². The summed E-state index contributed by atoms with van der Waals surface area (Å²) in [6, 6.07) is 1.58. The highest BCUT2D eigenvalue weighted by atomic mass is 32.1. The molecule has 0 atom stereocenters. The Labute approximate surface area is 103 Å². The minimum absolute atomic E-state index is 0.126. The molecule has 0 aliphatic heterocycles. The van der Waals surface area contributed by atoms with Crippen molar-refractivity contribution in [1.29, 1.82) is 0 Å². The Morgan fingerprint density at radius 1 is 1.17 bits per heavy atom. The van der Waals surface area contributed by atoms with Gasteiger partial charge in [0.1, 0.15) is 5.76 Å². The van der Waals surface area contributed by atoms with E-state index in [9.17, 15) is 17.6 Å². The average molecular weight is 275 g/mol. The highest BCUT2D eigenvalue weighted by molar-refractivity contribution is 7.08. The van der Waals surface area contributed by atoms with Gasteiger partial charge in [0.05, 0.1) is 0 Å². The smallest absolute Gasteiger partial charge is 0.255 e. The summed E-state index contributed by atoms with van der Waals surface area (Å²) in [6.07, 6.45) is 0. The molecule has 2 aromatic heterocycles. The number of rotatable bonds is 3. The molecular weight excluding hydrogens is 270 g/mol. The highest BCUT2D eigenvalue weighted by Crippen LogP contribution is 2.28. The van der Waals surface area contributed by atoms with E-state index in [2.05, 4.69) is 11.6 Å². The third kappa shape index (κ3) is 2.21. The zero-order valence-corrected chi connectivity index (χ0v) is 9.53. The quantitative estimate of drug-likeness (QED) is 0.483. The standard InChI is InChI=1S/C11H5F4NOS/c1-5(6-2-3-18-4-6)17-9-7(12)10(14)16-11(15)8(9)13/h2-4H,1H2. The summed E-state index contributed by atoms with van der Waals surface area (Å²) in [5.74, 6) is -8.28. The molecule has 0 unspecified atom stereocenters. The number of hydrogen-bond donors (Lipinski definition) is 0. The Morgan fingerprint density at radius 3 is 2.28 bits per heavy atom. The second-order valence-electron chi connectivity index (χ2n) is 3.19. The van der Waals surface area contributed by atoms with Gasteiger partial charge in [-0.15, -0.1) is 0 Å². The van der Waals surface area contributed by atoms with Crippen molar-refractivity contribution in [3.63, 3.8) is 0 Å². The fourth-order valence-electron chi connectivity index (χ4n) is 1.16. The Hall–Kier alpha value is -1.89. The van der Waals surface area contributed by atoms with Gasteiger partial charge in [-0.3, -0.25) is 0 Å². The van der Waals surface area contributed by atoms with E-state index in [4.69, 9.17) is 4.74 Å². The van der Waals surface area contributed by atoms with Gasteiger partial charge in [-0.25, -0.2) is 0 Å². The first-order valence-electron chi connectivity index (χ1n) is 4.60. The first-order valence-corrected chi connectivity index (χ1v) is 5.54. The van der Waals surface area contributed by atoms with Crippen LogP contribution >= 0.6 is 11.3 Å². The van der Waals surface area contributed by atoms with Crippen molar-refractivity contribution in [2.75, 3.05) is 0 Å². The fraction of sp³-hybridized carbons (Fsp3) is 0. The zero-order valence-electron chi connectivity index (χ0n) is 8.71. The first kappa shape index (κ1) is 12.6. The summed E-state index contributed by atoms with van der Waals surface area (Å²) in [4.78, 5) is 2.41. The van der Waals surface area contributed by atoms with E-state index in [1.54, 1.807) is 16.8 Å². The topological polar surface area (TPSA) is 22.1 Å². The number of hydrogen-bond acceptors (Lipinski definition) is 3. The van der Waals surface area contributed by atoms with Crippen molar-refractivity contribution < 1.29 is 22.3 Å². The Balaban J connectivity index is 2.38. The van der Waals surface area contributed by atoms with Crippen LogP contribution in [0.25, 0.3) is 5.76 Å². The van der Waals surface area contributed by atoms with Gasteiger partial charge in [0, 0.05) is 10.9 Å². The lowest BCUT2D eigenvalue weighted by Gasteiger charge is -2.09. The first-order chi connectivity index (χ1) is 8.50. The Bertz CT molecular complexity index is 571. The van der Waals surface area contributed by atoms with Crippen molar-refractivity contribution in [1.82, 2.24) is 4.98 Å². The number of ether oxygens (including phenoxy) is 1. The number of aromatic nitrogens is 1.